The number of carboxylic acid groups (broad SMARTS) is 2. The molecule has 0 saturated carbocycles. The Hall–Kier alpha value is -3.23. The van der Waals surface area contributed by atoms with Gasteiger partial charge in [-0.05, 0) is 19.1 Å². The van der Waals surface area contributed by atoms with Gasteiger partial charge in [0.2, 0.25) is 5.60 Å². The minimum absolute atomic E-state index is 0.00982. The van der Waals surface area contributed by atoms with E-state index in [-0.39, 0.29) is 24.2 Å². The van der Waals surface area contributed by atoms with E-state index in [2.05, 4.69) is 0 Å². The van der Waals surface area contributed by atoms with Crippen LogP contribution in [0.25, 0.3) is 0 Å². The van der Waals surface area contributed by atoms with E-state index >= 15 is 0 Å². The molecular weight excluding hydrogens is 368 g/mol. The van der Waals surface area contributed by atoms with Crippen molar-refractivity contribution in [1.29, 1.82) is 0 Å². The lowest BCUT2D eigenvalue weighted by Crippen LogP contribution is -2.66. The molecule has 2 atom stereocenters. The smallest absolute Gasteiger partial charge is 0.359 e. The van der Waals surface area contributed by atoms with Crippen molar-refractivity contribution in [2.24, 2.45) is 0 Å². The molecular formula is C20H22O8. The van der Waals surface area contributed by atoms with Crippen LogP contribution >= 0.6 is 0 Å². The van der Waals surface area contributed by atoms with Gasteiger partial charge in [0.15, 0.2) is 6.29 Å². The predicted molar refractivity (Wildman–Crippen MR) is 99.0 cm³/mol. The Labute approximate surface area is 162 Å². The lowest BCUT2D eigenvalue weighted by molar-refractivity contribution is -0.206. The van der Waals surface area contributed by atoms with E-state index in [0.717, 1.165) is 7.11 Å². The summed E-state index contributed by atoms with van der Waals surface area (Å²) < 4.78 is 10.6. The van der Waals surface area contributed by atoms with Crippen molar-refractivity contribution in [3.8, 4) is 5.75 Å². The number of hydrogen-bond acceptors (Lipinski definition) is 6. The predicted octanol–water partition coefficient (Wildman–Crippen LogP) is 1.71. The van der Waals surface area contributed by atoms with Crippen molar-refractivity contribution < 1.29 is 39.2 Å². The van der Waals surface area contributed by atoms with Crippen molar-refractivity contribution in [2.45, 2.75) is 18.1 Å². The highest BCUT2D eigenvalue weighted by molar-refractivity contribution is 6.05. The summed E-state index contributed by atoms with van der Waals surface area (Å²) in [5.74, 6) is -3.46. The molecule has 0 aromatic heterocycles. The standard InChI is InChI=1S/C18H16O7.C2H6O/c1-24-18(16(22)23,13-8-4-2-5-9-13)17(12-19,15(20)21)25-14-10-6-3-7-11-14;1-2-3/h2-12H,1H3,(H,20,21)(H,22,23);3H,2H2,1H3. The molecule has 0 fully saturated rings. The van der Waals surface area contributed by atoms with Crippen LogP contribution in [-0.2, 0) is 24.7 Å². The number of aldehydes is 1. The summed E-state index contributed by atoms with van der Waals surface area (Å²) in [6.45, 7) is 1.93. The van der Waals surface area contributed by atoms with Gasteiger partial charge in [0.05, 0.1) is 0 Å². The molecule has 2 rings (SSSR count). The third-order valence-corrected chi connectivity index (χ3v) is 3.82. The second-order valence-corrected chi connectivity index (χ2v) is 5.45. The quantitative estimate of drug-likeness (QED) is 0.459. The number of para-hydroxylation sites is 1. The van der Waals surface area contributed by atoms with Crippen LogP contribution in [0.3, 0.4) is 0 Å². The molecule has 0 bridgehead atoms. The summed E-state index contributed by atoms with van der Waals surface area (Å²) in [6, 6.07) is 14.9. The molecule has 0 aliphatic heterocycles. The first-order chi connectivity index (χ1) is 13.4. The third kappa shape index (κ3) is 4.19. The maximum Gasteiger partial charge on any atom is 0.359 e. The average Bonchev–Trinajstić information content (AvgIpc) is 2.69. The highest BCUT2D eigenvalue weighted by Gasteiger charge is 2.67. The topological polar surface area (TPSA) is 130 Å². The average molecular weight is 390 g/mol. The van der Waals surface area contributed by atoms with Crippen LogP contribution in [0.15, 0.2) is 60.7 Å². The molecule has 0 aliphatic carbocycles. The van der Waals surface area contributed by atoms with Crippen molar-refractivity contribution >= 4 is 18.2 Å². The van der Waals surface area contributed by atoms with E-state index in [1.165, 1.54) is 36.4 Å². The first-order valence-corrected chi connectivity index (χ1v) is 8.25. The van der Waals surface area contributed by atoms with Crippen LogP contribution in [0.2, 0.25) is 0 Å². The van der Waals surface area contributed by atoms with Gasteiger partial charge in [-0.15, -0.1) is 0 Å². The molecule has 0 saturated heterocycles. The Morgan fingerprint density at radius 3 is 1.79 bits per heavy atom. The second-order valence-electron chi connectivity index (χ2n) is 5.45. The number of aliphatic hydroxyl groups is 1. The van der Waals surface area contributed by atoms with Crippen LogP contribution in [0.4, 0.5) is 0 Å². The number of rotatable bonds is 8. The Balaban J connectivity index is 0.00000122. The Morgan fingerprint density at radius 1 is 0.964 bits per heavy atom. The number of methoxy groups -OCH3 is 1. The molecule has 0 aliphatic rings. The number of carboxylic acids is 2. The molecule has 2 unspecified atom stereocenters. The third-order valence-electron chi connectivity index (χ3n) is 3.82. The van der Waals surface area contributed by atoms with E-state index in [4.69, 9.17) is 14.6 Å². The summed E-state index contributed by atoms with van der Waals surface area (Å²) in [6.07, 6.45) is -0.0625. The normalized spacial score (nSPS) is 14.4. The van der Waals surface area contributed by atoms with Gasteiger partial charge in [-0.2, -0.15) is 0 Å². The first kappa shape index (κ1) is 22.8. The van der Waals surface area contributed by atoms with E-state index in [1.807, 2.05) is 0 Å². The van der Waals surface area contributed by atoms with Gasteiger partial charge in [0, 0.05) is 19.3 Å². The Morgan fingerprint density at radius 2 is 1.43 bits per heavy atom. The number of carbonyl (C=O) groups is 3. The SMILES string of the molecule is CCO.COC(C(=O)O)(c1ccccc1)C(C=O)(Oc1ccccc1)C(=O)O. The van der Waals surface area contributed by atoms with Gasteiger partial charge in [0.25, 0.3) is 0 Å². The summed E-state index contributed by atoms with van der Waals surface area (Å²) in [5.41, 5.74) is -5.50. The number of benzene rings is 2. The summed E-state index contributed by atoms with van der Waals surface area (Å²) in [4.78, 5) is 36.1. The first-order valence-electron chi connectivity index (χ1n) is 8.25. The number of aliphatic hydroxyl groups excluding tert-OH is 1. The summed E-state index contributed by atoms with van der Waals surface area (Å²) in [7, 11) is 1.01. The van der Waals surface area contributed by atoms with Gasteiger partial charge in [-0.25, -0.2) is 9.59 Å². The molecule has 0 radical (unpaired) electrons. The maximum atomic E-state index is 12.1. The number of aliphatic carboxylic acids is 2. The van der Waals surface area contributed by atoms with Crippen LogP contribution in [0.1, 0.15) is 12.5 Å². The minimum atomic E-state index is -2.85. The molecule has 8 heteroatoms. The number of hydrogen-bond donors (Lipinski definition) is 3. The Kier molecular flexibility index (Phi) is 8.30. The number of carbonyl (C=O) groups excluding carboxylic acids is 1. The molecule has 3 N–H and O–H groups in total. The van der Waals surface area contributed by atoms with Gasteiger partial charge < -0.3 is 24.8 Å². The summed E-state index contributed by atoms with van der Waals surface area (Å²) in [5, 5.41) is 27.2. The van der Waals surface area contributed by atoms with Crippen molar-refractivity contribution in [2.75, 3.05) is 13.7 Å². The van der Waals surface area contributed by atoms with Gasteiger partial charge >= 0.3 is 17.5 Å². The zero-order valence-corrected chi connectivity index (χ0v) is 15.4. The fourth-order valence-corrected chi connectivity index (χ4v) is 2.62. The number of ether oxygens (including phenoxy) is 2. The Bertz CT molecular complexity index is 777. The van der Waals surface area contributed by atoms with Gasteiger partial charge in [0.1, 0.15) is 5.75 Å². The maximum absolute atomic E-state index is 12.1. The fourth-order valence-electron chi connectivity index (χ4n) is 2.62. The zero-order valence-electron chi connectivity index (χ0n) is 15.4. The van der Waals surface area contributed by atoms with Gasteiger partial charge in [-0.3, -0.25) is 4.79 Å². The molecule has 0 spiro atoms. The van der Waals surface area contributed by atoms with E-state index in [1.54, 1.807) is 31.2 Å². The highest BCUT2D eigenvalue weighted by Crippen LogP contribution is 2.39. The van der Waals surface area contributed by atoms with Crippen molar-refractivity contribution in [1.82, 2.24) is 0 Å². The van der Waals surface area contributed by atoms with Crippen LogP contribution in [0.5, 0.6) is 5.75 Å². The van der Waals surface area contributed by atoms with E-state index in [0.29, 0.717) is 0 Å². The molecule has 150 valence electrons. The molecule has 2 aromatic carbocycles. The van der Waals surface area contributed by atoms with E-state index < -0.39 is 23.1 Å². The second kappa shape index (κ2) is 10.2. The lowest BCUT2D eigenvalue weighted by Gasteiger charge is -2.40. The summed E-state index contributed by atoms with van der Waals surface area (Å²) >= 11 is 0. The van der Waals surface area contributed by atoms with Crippen LogP contribution < -0.4 is 4.74 Å². The highest BCUT2D eigenvalue weighted by atomic mass is 16.6. The van der Waals surface area contributed by atoms with Crippen LogP contribution in [-0.4, -0.2) is 52.9 Å². The monoisotopic (exact) mass is 390 g/mol. The minimum Gasteiger partial charge on any atom is -0.479 e. The zero-order chi connectivity index (χ0) is 21.2. The molecule has 0 heterocycles. The van der Waals surface area contributed by atoms with Crippen molar-refractivity contribution in [3.63, 3.8) is 0 Å². The van der Waals surface area contributed by atoms with E-state index in [9.17, 15) is 24.6 Å². The molecule has 28 heavy (non-hydrogen) atoms. The largest absolute Gasteiger partial charge is 0.479 e. The molecule has 2 aromatic rings. The van der Waals surface area contributed by atoms with Crippen LogP contribution in [0, 0.1) is 0 Å². The van der Waals surface area contributed by atoms with Gasteiger partial charge in [-0.1, -0.05) is 48.5 Å². The lowest BCUT2D eigenvalue weighted by atomic mass is 9.77. The molecule has 0 amide bonds. The fraction of sp³-hybridized carbons (Fsp3) is 0.250. The molecule has 8 nitrogen and oxygen atoms in total. The van der Waals surface area contributed by atoms with Crippen molar-refractivity contribution in [3.05, 3.63) is 66.2 Å².